The molecular formula is C35H50O4. The van der Waals surface area contributed by atoms with E-state index in [2.05, 4.69) is 53.3 Å². The third-order valence-corrected chi connectivity index (χ3v) is 11.8. The summed E-state index contributed by atoms with van der Waals surface area (Å²) in [5, 5.41) is 0. The van der Waals surface area contributed by atoms with Crippen molar-refractivity contribution < 1.29 is 19.2 Å². The topological polar surface area (TPSA) is 68.3 Å². The van der Waals surface area contributed by atoms with Crippen LogP contribution in [0.4, 0.5) is 0 Å². The lowest BCUT2D eigenvalue weighted by molar-refractivity contribution is -0.189. The fraction of sp³-hybridized carbons (Fsp3) is 0.714. The van der Waals surface area contributed by atoms with E-state index >= 15 is 9.59 Å². The molecule has 0 aromatic heterocycles. The first-order chi connectivity index (χ1) is 17.9. The largest absolute Gasteiger partial charge is 0.298 e. The van der Waals surface area contributed by atoms with Crippen LogP contribution in [-0.2, 0) is 19.2 Å². The number of allylic oxidation sites excluding steroid dienone is 5. The smallest absolute Gasteiger partial charge is 0.168 e. The molecule has 1 spiro atoms. The summed E-state index contributed by atoms with van der Waals surface area (Å²) in [6.07, 6.45) is 7.79. The van der Waals surface area contributed by atoms with E-state index in [-0.39, 0.29) is 46.9 Å². The minimum Gasteiger partial charge on any atom is -0.298 e. The molecule has 0 amide bonds. The van der Waals surface area contributed by atoms with E-state index in [1.807, 2.05) is 20.8 Å². The van der Waals surface area contributed by atoms with Crippen molar-refractivity contribution >= 4 is 23.1 Å². The molecule has 0 aromatic rings. The summed E-state index contributed by atoms with van der Waals surface area (Å²) in [5.41, 5.74) is -2.24. The van der Waals surface area contributed by atoms with Crippen molar-refractivity contribution in [2.75, 3.05) is 0 Å². The van der Waals surface area contributed by atoms with Crippen molar-refractivity contribution in [2.24, 2.45) is 50.7 Å². The van der Waals surface area contributed by atoms with Crippen LogP contribution in [-0.4, -0.2) is 23.1 Å². The van der Waals surface area contributed by atoms with Crippen molar-refractivity contribution in [2.45, 2.75) is 108 Å². The quantitative estimate of drug-likeness (QED) is 0.237. The van der Waals surface area contributed by atoms with Gasteiger partial charge in [-0.05, 0) is 94.8 Å². The lowest BCUT2D eigenvalue weighted by atomic mass is 9.36. The first kappa shape index (κ1) is 29.9. The van der Waals surface area contributed by atoms with E-state index in [1.165, 1.54) is 5.57 Å². The zero-order chi connectivity index (χ0) is 29.5. The highest BCUT2D eigenvalue weighted by molar-refractivity contribution is 6.40. The van der Waals surface area contributed by atoms with Gasteiger partial charge in [0.2, 0.25) is 0 Å². The lowest BCUT2D eigenvalue weighted by Gasteiger charge is -2.60. The average Bonchev–Trinajstić information content (AvgIpc) is 2.97. The second-order valence-corrected chi connectivity index (χ2v) is 15.2. The van der Waals surface area contributed by atoms with Gasteiger partial charge >= 0.3 is 0 Å². The molecule has 4 nitrogen and oxygen atoms in total. The van der Waals surface area contributed by atoms with Crippen LogP contribution in [0.25, 0.3) is 0 Å². The van der Waals surface area contributed by atoms with Gasteiger partial charge in [0, 0.05) is 5.92 Å². The van der Waals surface area contributed by atoms with Gasteiger partial charge in [0.15, 0.2) is 28.5 Å². The van der Waals surface area contributed by atoms with E-state index in [1.54, 1.807) is 13.8 Å². The fourth-order valence-electron chi connectivity index (χ4n) is 9.55. The molecule has 0 aliphatic heterocycles. The molecule has 0 N–H and O–H groups in total. The van der Waals surface area contributed by atoms with E-state index in [0.717, 1.165) is 24.0 Å². The number of carbonyl (C=O) groups excluding carboxylic acids is 4. The van der Waals surface area contributed by atoms with E-state index < -0.39 is 33.4 Å². The summed E-state index contributed by atoms with van der Waals surface area (Å²) in [7, 11) is 0. The van der Waals surface area contributed by atoms with Crippen LogP contribution in [0.15, 0.2) is 35.5 Å². The van der Waals surface area contributed by atoms with Crippen molar-refractivity contribution in [3.8, 4) is 0 Å². The normalized spacial score (nSPS) is 38.2. The molecule has 6 atom stereocenters. The molecule has 39 heavy (non-hydrogen) atoms. The molecule has 4 heteroatoms. The van der Waals surface area contributed by atoms with Gasteiger partial charge in [-0.2, -0.15) is 0 Å². The van der Waals surface area contributed by atoms with Gasteiger partial charge in [0.05, 0.1) is 10.8 Å². The Balaban J connectivity index is 1.99. The Bertz CT molecular complexity index is 1200. The predicted octanol–water partition coefficient (Wildman–Crippen LogP) is 7.66. The summed E-state index contributed by atoms with van der Waals surface area (Å²) < 4.78 is 0. The standard InChI is InChI=1S/C35H50O4/c1-20(2)13-12-14-23(7)15-16-33-18-24-17-26-31(8,9)25(21(3)4)19-34(26,28(33)37)30(39)35(29(33)38,32(24,10)11)27(36)22(5)6/h13,15,22,24-26H,3,12,14,16-19H2,1-2,4-11H3. The first-order valence-electron chi connectivity index (χ1n) is 15.0. The Morgan fingerprint density at radius 3 is 2.10 bits per heavy atom. The molecule has 0 heterocycles. The molecule has 0 radical (unpaired) electrons. The third-order valence-electron chi connectivity index (χ3n) is 11.8. The van der Waals surface area contributed by atoms with Crippen molar-refractivity contribution in [3.63, 3.8) is 0 Å². The average molecular weight is 535 g/mol. The third kappa shape index (κ3) is 3.61. The van der Waals surface area contributed by atoms with Gasteiger partial charge in [-0.1, -0.05) is 77.0 Å². The van der Waals surface area contributed by atoms with E-state index in [4.69, 9.17) is 0 Å². The molecule has 5 saturated carbocycles. The monoisotopic (exact) mass is 534 g/mol. The van der Waals surface area contributed by atoms with Crippen molar-refractivity contribution in [1.29, 1.82) is 0 Å². The maximum Gasteiger partial charge on any atom is 0.168 e. The molecule has 5 aliphatic rings. The lowest BCUT2D eigenvalue weighted by Crippen LogP contribution is -2.76. The number of Topliss-reactive ketones (excluding diaryl/α,β-unsaturated/α-hetero) is 4. The van der Waals surface area contributed by atoms with Crippen LogP contribution >= 0.6 is 0 Å². The number of hydrogen-bond donors (Lipinski definition) is 0. The summed E-state index contributed by atoms with van der Waals surface area (Å²) in [6.45, 7) is 24.3. The molecule has 214 valence electrons. The molecule has 5 fully saturated rings. The van der Waals surface area contributed by atoms with Crippen molar-refractivity contribution in [3.05, 3.63) is 35.5 Å². The van der Waals surface area contributed by atoms with Gasteiger partial charge in [-0.25, -0.2) is 0 Å². The van der Waals surface area contributed by atoms with Gasteiger partial charge in [-0.15, -0.1) is 0 Å². The first-order valence-corrected chi connectivity index (χ1v) is 15.0. The number of hydrogen-bond acceptors (Lipinski definition) is 4. The van der Waals surface area contributed by atoms with Crippen LogP contribution in [0, 0.1) is 50.7 Å². The minimum absolute atomic E-state index is 0.0190. The van der Waals surface area contributed by atoms with Crippen LogP contribution in [0.5, 0.6) is 0 Å². The second kappa shape index (κ2) is 9.21. The molecule has 4 bridgehead atoms. The summed E-state index contributed by atoms with van der Waals surface area (Å²) in [4.78, 5) is 59.4. The summed E-state index contributed by atoms with van der Waals surface area (Å²) in [5.74, 6) is -2.05. The fourth-order valence-corrected chi connectivity index (χ4v) is 9.55. The Hall–Kier alpha value is -2.10. The maximum atomic E-state index is 15.1. The Morgan fingerprint density at radius 2 is 1.56 bits per heavy atom. The zero-order valence-corrected chi connectivity index (χ0v) is 26.0. The van der Waals surface area contributed by atoms with Crippen LogP contribution in [0.3, 0.4) is 0 Å². The molecule has 5 rings (SSSR count). The summed E-state index contributed by atoms with van der Waals surface area (Å²) in [6, 6.07) is 0. The van der Waals surface area contributed by atoms with Crippen LogP contribution in [0.2, 0.25) is 0 Å². The Morgan fingerprint density at radius 1 is 0.949 bits per heavy atom. The van der Waals surface area contributed by atoms with Gasteiger partial charge in [0.1, 0.15) is 0 Å². The van der Waals surface area contributed by atoms with Gasteiger partial charge < -0.3 is 0 Å². The molecule has 0 aromatic carbocycles. The summed E-state index contributed by atoms with van der Waals surface area (Å²) >= 11 is 0. The minimum atomic E-state index is -1.78. The number of rotatable bonds is 8. The van der Waals surface area contributed by atoms with Gasteiger partial charge in [0.25, 0.3) is 0 Å². The molecular weight excluding hydrogens is 484 g/mol. The number of ketones is 4. The molecule has 6 unspecified atom stereocenters. The van der Waals surface area contributed by atoms with E-state index in [0.29, 0.717) is 19.3 Å². The highest BCUT2D eigenvalue weighted by atomic mass is 16.2. The zero-order valence-electron chi connectivity index (χ0n) is 26.0. The second-order valence-electron chi connectivity index (χ2n) is 15.2. The Labute approximate surface area is 236 Å². The van der Waals surface area contributed by atoms with Crippen LogP contribution in [0.1, 0.15) is 108 Å². The van der Waals surface area contributed by atoms with Gasteiger partial charge in [-0.3, -0.25) is 19.2 Å². The SMILES string of the molecule is C=C(C)C1CC23C(=O)C4(CC=C(C)CCC=C(C)C)CC(CC2C1(C)C)C(C)(C)C(C(=O)C(C)C)(C4=O)C3=O. The predicted molar refractivity (Wildman–Crippen MR) is 156 cm³/mol. The van der Waals surface area contributed by atoms with Crippen molar-refractivity contribution in [1.82, 2.24) is 0 Å². The van der Waals surface area contributed by atoms with Crippen LogP contribution < -0.4 is 0 Å². The maximum absolute atomic E-state index is 15.1. The highest BCUT2D eigenvalue weighted by Crippen LogP contribution is 2.77. The highest BCUT2D eigenvalue weighted by Gasteiger charge is 2.86. The van der Waals surface area contributed by atoms with E-state index in [9.17, 15) is 9.59 Å². The number of carbonyl (C=O) groups is 4. The Kier molecular flexibility index (Phi) is 7.06. The molecule has 5 aliphatic carbocycles. The molecule has 0 saturated heterocycles.